The van der Waals surface area contributed by atoms with Gasteiger partial charge in [0.15, 0.2) is 0 Å². The lowest BCUT2D eigenvalue weighted by Crippen LogP contribution is -2.40. The van der Waals surface area contributed by atoms with Gasteiger partial charge in [-0.15, -0.1) is 0 Å². The smallest absolute Gasteiger partial charge is 0.255 e. The van der Waals surface area contributed by atoms with Gasteiger partial charge in [0.1, 0.15) is 0 Å². The Labute approximate surface area is 121 Å². The van der Waals surface area contributed by atoms with Gasteiger partial charge >= 0.3 is 0 Å². The van der Waals surface area contributed by atoms with E-state index in [9.17, 15) is 9.59 Å². The highest BCUT2D eigenvalue weighted by Gasteiger charge is 2.18. The molecule has 0 radical (unpaired) electrons. The molecule has 0 heterocycles. The van der Waals surface area contributed by atoms with Crippen LogP contribution in [0, 0.1) is 3.57 Å². The summed E-state index contributed by atoms with van der Waals surface area (Å²) in [6.45, 7) is 4.92. The third kappa shape index (κ3) is 3.97. The zero-order chi connectivity index (χ0) is 13.5. The minimum absolute atomic E-state index is 0.103. The molecule has 0 atom stereocenters. The minimum Gasteiger partial charge on any atom is -0.355 e. The molecule has 0 bridgehead atoms. The molecule has 0 aliphatic heterocycles. The molecule has 0 aliphatic carbocycles. The minimum atomic E-state index is -0.126. The van der Waals surface area contributed by atoms with E-state index in [-0.39, 0.29) is 18.4 Å². The summed E-state index contributed by atoms with van der Waals surface area (Å²) >= 11 is 2.13. The van der Waals surface area contributed by atoms with E-state index in [0.29, 0.717) is 18.7 Å². The maximum atomic E-state index is 12.3. The molecule has 18 heavy (non-hydrogen) atoms. The zero-order valence-electron chi connectivity index (χ0n) is 10.6. The molecule has 0 aromatic heterocycles. The van der Waals surface area contributed by atoms with Gasteiger partial charge in [0, 0.05) is 16.7 Å². The van der Waals surface area contributed by atoms with Crippen LogP contribution < -0.4 is 5.32 Å². The Kier molecular flexibility index (Phi) is 6.11. The van der Waals surface area contributed by atoms with Gasteiger partial charge in [-0.1, -0.05) is 12.1 Å². The van der Waals surface area contributed by atoms with Gasteiger partial charge in [-0.2, -0.15) is 0 Å². The molecule has 98 valence electrons. The largest absolute Gasteiger partial charge is 0.355 e. The summed E-state index contributed by atoms with van der Waals surface area (Å²) in [7, 11) is 0. The van der Waals surface area contributed by atoms with E-state index in [4.69, 9.17) is 0 Å². The third-order valence-electron chi connectivity index (χ3n) is 2.48. The van der Waals surface area contributed by atoms with Crippen LogP contribution in [0.3, 0.4) is 0 Å². The standard InChI is InChI=1S/C13H17IN2O2/c1-3-15-12(17)9-16(4-2)13(18)10-7-5-6-8-11(10)14/h5-8H,3-4,9H2,1-2H3,(H,15,17). The number of nitrogens with one attached hydrogen (secondary N) is 1. The van der Waals surface area contributed by atoms with Crippen molar-refractivity contribution in [1.82, 2.24) is 10.2 Å². The third-order valence-corrected chi connectivity index (χ3v) is 3.42. The number of halogens is 1. The summed E-state index contributed by atoms with van der Waals surface area (Å²) in [4.78, 5) is 25.3. The fraction of sp³-hybridized carbons (Fsp3) is 0.385. The van der Waals surface area contributed by atoms with E-state index in [1.54, 1.807) is 11.0 Å². The van der Waals surface area contributed by atoms with Crippen molar-refractivity contribution in [2.24, 2.45) is 0 Å². The van der Waals surface area contributed by atoms with Crippen LogP contribution in [0.15, 0.2) is 24.3 Å². The number of carbonyl (C=O) groups excluding carboxylic acids is 2. The maximum Gasteiger partial charge on any atom is 0.255 e. The van der Waals surface area contributed by atoms with Crippen LogP contribution in [0.5, 0.6) is 0 Å². The molecule has 1 rings (SSSR count). The lowest BCUT2D eigenvalue weighted by atomic mass is 10.2. The predicted molar refractivity (Wildman–Crippen MR) is 79.4 cm³/mol. The summed E-state index contributed by atoms with van der Waals surface area (Å²) in [5.41, 5.74) is 0.643. The Morgan fingerprint density at radius 2 is 1.94 bits per heavy atom. The Balaban J connectivity index is 2.80. The monoisotopic (exact) mass is 360 g/mol. The first-order chi connectivity index (χ1) is 8.60. The summed E-state index contributed by atoms with van der Waals surface area (Å²) in [6.07, 6.45) is 0. The van der Waals surface area contributed by atoms with E-state index in [2.05, 4.69) is 27.9 Å². The van der Waals surface area contributed by atoms with Crippen molar-refractivity contribution >= 4 is 34.4 Å². The second kappa shape index (κ2) is 7.35. The molecule has 1 N–H and O–H groups in total. The van der Waals surface area contributed by atoms with Gasteiger partial charge in [-0.05, 0) is 48.6 Å². The van der Waals surface area contributed by atoms with Crippen molar-refractivity contribution in [1.29, 1.82) is 0 Å². The molecular weight excluding hydrogens is 343 g/mol. The van der Waals surface area contributed by atoms with E-state index in [1.165, 1.54) is 0 Å². The maximum absolute atomic E-state index is 12.3. The van der Waals surface area contributed by atoms with Gasteiger partial charge in [0.2, 0.25) is 5.91 Å². The van der Waals surface area contributed by atoms with Gasteiger partial charge < -0.3 is 10.2 Å². The Morgan fingerprint density at radius 1 is 1.28 bits per heavy atom. The van der Waals surface area contributed by atoms with Crippen LogP contribution in [-0.4, -0.2) is 36.3 Å². The quantitative estimate of drug-likeness (QED) is 0.816. The fourth-order valence-electron chi connectivity index (χ4n) is 1.56. The Morgan fingerprint density at radius 3 is 2.50 bits per heavy atom. The first-order valence-corrected chi connectivity index (χ1v) is 6.98. The number of amides is 2. The van der Waals surface area contributed by atoms with Crippen LogP contribution in [0.1, 0.15) is 24.2 Å². The van der Waals surface area contributed by atoms with Gasteiger partial charge in [-0.25, -0.2) is 0 Å². The van der Waals surface area contributed by atoms with Gasteiger partial charge in [-0.3, -0.25) is 9.59 Å². The van der Waals surface area contributed by atoms with Crippen molar-refractivity contribution < 1.29 is 9.59 Å². The molecule has 1 aromatic carbocycles. The van der Waals surface area contributed by atoms with E-state index in [1.807, 2.05) is 32.0 Å². The SMILES string of the molecule is CCNC(=O)CN(CC)C(=O)c1ccccc1I. The van der Waals surface area contributed by atoms with Crippen molar-refractivity contribution in [3.8, 4) is 0 Å². The average Bonchev–Trinajstić information content (AvgIpc) is 2.36. The number of benzene rings is 1. The van der Waals surface area contributed by atoms with Crippen LogP contribution in [0.25, 0.3) is 0 Å². The Bertz CT molecular complexity index is 435. The lowest BCUT2D eigenvalue weighted by Gasteiger charge is -2.20. The highest BCUT2D eigenvalue weighted by molar-refractivity contribution is 14.1. The fourth-order valence-corrected chi connectivity index (χ4v) is 2.18. The normalized spacial score (nSPS) is 9.94. The number of likely N-dealkylation sites (N-methyl/N-ethyl adjacent to an activating group) is 2. The number of carbonyl (C=O) groups is 2. The van der Waals surface area contributed by atoms with E-state index in [0.717, 1.165) is 3.57 Å². The van der Waals surface area contributed by atoms with Gasteiger partial charge in [0.25, 0.3) is 5.91 Å². The number of rotatable bonds is 5. The summed E-state index contributed by atoms with van der Waals surface area (Å²) in [5.74, 6) is -0.229. The molecule has 1 aromatic rings. The molecular formula is C13H17IN2O2. The molecule has 5 heteroatoms. The second-order valence-corrected chi connectivity index (χ2v) is 4.91. The van der Waals surface area contributed by atoms with Crippen LogP contribution in [-0.2, 0) is 4.79 Å². The lowest BCUT2D eigenvalue weighted by molar-refractivity contribution is -0.121. The first kappa shape index (κ1) is 14.9. The van der Waals surface area contributed by atoms with Crippen LogP contribution >= 0.6 is 22.6 Å². The molecule has 0 fully saturated rings. The average molecular weight is 360 g/mol. The zero-order valence-corrected chi connectivity index (χ0v) is 12.7. The number of nitrogens with zero attached hydrogens (tertiary/aromatic N) is 1. The van der Waals surface area contributed by atoms with Crippen molar-refractivity contribution in [2.75, 3.05) is 19.6 Å². The molecule has 0 aliphatic rings. The second-order valence-electron chi connectivity index (χ2n) is 3.75. The topological polar surface area (TPSA) is 49.4 Å². The summed E-state index contributed by atoms with van der Waals surface area (Å²) < 4.78 is 0.898. The molecule has 0 spiro atoms. The molecule has 2 amide bonds. The highest BCUT2D eigenvalue weighted by atomic mass is 127. The van der Waals surface area contributed by atoms with Crippen molar-refractivity contribution in [3.05, 3.63) is 33.4 Å². The van der Waals surface area contributed by atoms with E-state index >= 15 is 0 Å². The van der Waals surface area contributed by atoms with Crippen LogP contribution in [0.2, 0.25) is 0 Å². The Hall–Kier alpha value is -1.11. The van der Waals surface area contributed by atoms with E-state index < -0.39 is 0 Å². The summed E-state index contributed by atoms with van der Waals surface area (Å²) in [6, 6.07) is 7.38. The number of hydrogen-bond donors (Lipinski definition) is 1. The van der Waals surface area contributed by atoms with Crippen molar-refractivity contribution in [2.45, 2.75) is 13.8 Å². The summed E-state index contributed by atoms with van der Waals surface area (Å²) in [5, 5.41) is 2.70. The molecule has 0 saturated heterocycles. The molecule has 4 nitrogen and oxygen atoms in total. The first-order valence-electron chi connectivity index (χ1n) is 5.90. The molecule has 0 unspecified atom stereocenters. The van der Waals surface area contributed by atoms with Crippen molar-refractivity contribution in [3.63, 3.8) is 0 Å². The predicted octanol–water partition coefficient (Wildman–Crippen LogP) is 1.89. The van der Waals surface area contributed by atoms with Crippen LogP contribution in [0.4, 0.5) is 0 Å². The highest BCUT2D eigenvalue weighted by Crippen LogP contribution is 2.13. The molecule has 0 saturated carbocycles. The van der Waals surface area contributed by atoms with Gasteiger partial charge in [0.05, 0.1) is 12.1 Å². The number of hydrogen-bond acceptors (Lipinski definition) is 2.